The summed E-state index contributed by atoms with van der Waals surface area (Å²) in [5.74, 6) is 0.609. The molecule has 0 N–H and O–H groups in total. The van der Waals surface area contributed by atoms with Crippen molar-refractivity contribution < 1.29 is 4.79 Å². The highest BCUT2D eigenvalue weighted by Gasteiger charge is 2.30. The number of amides is 1. The van der Waals surface area contributed by atoms with Gasteiger partial charge in [0.15, 0.2) is 0 Å². The molecule has 2 unspecified atom stereocenters. The molecule has 2 rings (SSSR count). The lowest BCUT2D eigenvalue weighted by molar-refractivity contribution is 0.197. The molecule has 0 radical (unpaired) electrons. The fraction of sp³-hybridized carbons (Fsp3) is 0.600. The van der Waals surface area contributed by atoms with Crippen molar-refractivity contribution in [2.75, 3.05) is 6.54 Å². The van der Waals surface area contributed by atoms with Crippen molar-refractivity contribution in [2.24, 2.45) is 5.92 Å². The lowest BCUT2D eigenvalue weighted by Gasteiger charge is -2.21. The van der Waals surface area contributed by atoms with E-state index in [1.807, 2.05) is 4.90 Å². The van der Waals surface area contributed by atoms with Gasteiger partial charge in [-0.25, -0.2) is 9.78 Å². The predicted octanol–water partition coefficient (Wildman–Crippen LogP) is 1.58. The van der Waals surface area contributed by atoms with Crippen LogP contribution in [0.25, 0.3) is 0 Å². The SMILES string of the molecule is CC1CC(C)N(C(=O)n2ccnc2)C1. The van der Waals surface area contributed by atoms with Gasteiger partial charge in [0.05, 0.1) is 0 Å². The van der Waals surface area contributed by atoms with Crippen LogP contribution in [0.4, 0.5) is 4.79 Å². The smallest absolute Gasteiger partial charge is 0.321 e. The summed E-state index contributed by atoms with van der Waals surface area (Å²) in [7, 11) is 0. The number of imidazole rings is 1. The van der Waals surface area contributed by atoms with Crippen LogP contribution >= 0.6 is 0 Å². The van der Waals surface area contributed by atoms with E-state index >= 15 is 0 Å². The van der Waals surface area contributed by atoms with Gasteiger partial charge >= 0.3 is 6.03 Å². The summed E-state index contributed by atoms with van der Waals surface area (Å²) < 4.78 is 1.54. The van der Waals surface area contributed by atoms with Crippen LogP contribution in [-0.4, -0.2) is 33.1 Å². The van der Waals surface area contributed by atoms with Gasteiger partial charge in [0.1, 0.15) is 6.33 Å². The Kier molecular flexibility index (Phi) is 2.27. The molecule has 4 nitrogen and oxygen atoms in total. The lowest BCUT2D eigenvalue weighted by atomic mass is 10.1. The lowest BCUT2D eigenvalue weighted by Crippen LogP contribution is -2.36. The van der Waals surface area contributed by atoms with E-state index in [0.29, 0.717) is 12.0 Å². The van der Waals surface area contributed by atoms with E-state index in [9.17, 15) is 4.79 Å². The number of hydrogen-bond donors (Lipinski definition) is 0. The molecular formula is C10H15N3O. The first kappa shape index (κ1) is 9.24. The van der Waals surface area contributed by atoms with Crippen LogP contribution in [0.2, 0.25) is 0 Å². The third kappa shape index (κ3) is 1.52. The zero-order valence-electron chi connectivity index (χ0n) is 8.55. The second kappa shape index (κ2) is 3.44. The normalized spacial score (nSPS) is 26.9. The first-order chi connectivity index (χ1) is 6.68. The molecule has 0 aromatic carbocycles. The molecule has 1 aliphatic heterocycles. The number of rotatable bonds is 0. The standard InChI is InChI=1S/C10H15N3O/c1-8-5-9(2)13(6-8)10(14)12-4-3-11-7-12/h3-4,7-9H,5-6H2,1-2H3. The minimum atomic E-state index is 0.0411. The average Bonchev–Trinajstić information content (AvgIpc) is 2.73. The summed E-state index contributed by atoms with van der Waals surface area (Å²) in [4.78, 5) is 17.7. The molecule has 1 fully saturated rings. The Hall–Kier alpha value is -1.32. The first-order valence-corrected chi connectivity index (χ1v) is 4.97. The molecule has 2 atom stereocenters. The van der Waals surface area contributed by atoms with Crippen molar-refractivity contribution in [3.8, 4) is 0 Å². The molecule has 4 heteroatoms. The number of carbonyl (C=O) groups is 1. The highest BCUT2D eigenvalue weighted by molar-refractivity contribution is 5.77. The summed E-state index contributed by atoms with van der Waals surface area (Å²) in [6.07, 6.45) is 5.97. The van der Waals surface area contributed by atoms with Gasteiger partial charge in [-0.2, -0.15) is 0 Å². The van der Waals surface area contributed by atoms with Gasteiger partial charge in [0, 0.05) is 25.0 Å². The van der Waals surface area contributed by atoms with E-state index in [1.165, 1.54) is 4.57 Å². The van der Waals surface area contributed by atoms with Gasteiger partial charge in [-0.3, -0.25) is 4.57 Å². The Labute approximate surface area is 83.5 Å². The van der Waals surface area contributed by atoms with Crippen molar-refractivity contribution in [3.05, 3.63) is 18.7 Å². The highest BCUT2D eigenvalue weighted by Crippen LogP contribution is 2.22. The second-order valence-electron chi connectivity index (χ2n) is 4.09. The average molecular weight is 193 g/mol. The van der Waals surface area contributed by atoms with Crippen molar-refractivity contribution in [2.45, 2.75) is 26.3 Å². The Morgan fingerprint density at radius 1 is 1.50 bits per heavy atom. The Bertz CT molecular complexity index is 320. The monoisotopic (exact) mass is 193 g/mol. The summed E-state index contributed by atoms with van der Waals surface area (Å²) in [6, 6.07) is 0.388. The number of likely N-dealkylation sites (tertiary alicyclic amines) is 1. The van der Waals surface area contributed by atoms with Gasteiger partial charge in [0.2, 0.25) is 0 Å². The number of carbonyl (C=O) groups excluding carboxylic acids is 1. The maximum Gasteiger partial charge on any atom is 0.329 e. The molecule has 14 heavy (non-hydrogen) atoms. The molecule has 0 spiro atoms. The maximum absolute atomic E-state index is 11.9. The first-order valence-electron chi connectivity index (χ1n) is 4.97. The quantitative estimate of drug-likeness (QED) is 0.627. The van der Waals surface area contributed by atoms with E-state index in [0.717, 1.165) is 13.0 Å². The van der Waals surface area contributed by atoms with Crippen LogP contribution in [0.3, 0.4) is 0 Å². The molecule has 0 saturated carbocycles. The molecule has 0 bridgehead atoms. The molecule has 2 heterocycles. The van der Waals surface area contributed by atoms with Gasteiger partial charge in [-0.15, -0.1) is 0 Å². The van der Waals surface area contributed by atoms with Crippen LogP contribution in [-0.2, 0) is 0 Å². The van der Waals surface area contributed by atoms with Gasteiger partial charge in [0.25, 0.3) is 0 Å². The molecule has 1 aromatic heterocycles. The number of nitrogens with zero attached hydrogens (tertiary/aromatic N) is 3. The topological polar surface area (TPSA) is 38.1 Å². The van der Waals surface area contributed by atoms with Crippen LogP contribution in [0.5, 0.6) is 0 Å². The largest absolute Gasteiger partial charge is 0.329 e. The van der Waals surface area contributed by atoms with E-state index in [1.54, 1.807) is 18.7 Å². The van der Waals surface area contributed by atoms with Crippen molar-refractivity contribution in [1.82, 2.24) is 14.5 Å². The maximum atomic E-state index is 11.9. The van der Waals surface area contributed by atoms with Crippen molar-refractivity contribution >= 4 is 6.03 Å². The Morgan fingerprint density at radius 3 is 2.79 bits per heavy atom. The molecule has 76 valence electrons. The number of hydrogen-bond acceptors (Lipinski definition) is 2. The summed E-state index contributed by atoms with van der Waals surface area (Å²) in [6.45, 7) is 5.13. The van der Waals surface area contributed by atoms with Gasteiger partial charge in [-0.1, -0.05) is 6.92 Å². The predicted molar refractivity (Wildman–Crippen MR) is 53.0 cm³/mol. The summed E-state index contributed by atoms with van der Waals surface area (Å²) in [5.41, 5.74) is 0. The fourth-order valence-electron chi connectivity index (χ4n) is 2.09. The zero-order chi connectivity index (χ0) is 10.1. The Balaban J connectivity index is 2.13. The van der Waals surface area contributed by atoms with Crippen LogP contribution in [0, 0.1) is 5.92 Å². The second-order valence-corrected chi connectivity index (χ2v) is 4.09. The molecular weight excluding hydrogens is 178 g/mol. The van der Waals surface area contributed by atoms with Crippen LogP contribution in [0.1, 0.15) is 20.3 Å². The molecule has 1 saturated heterocycles. The fourth-order valence-corrected chi connectivity index (χ4v) is 2.09. The molecule has 1 aromatic rings. The molecule has 1 aliphatic rings. The van der Waals surface area contributed by atoms with Gasteiger partial charge < -0.3 is 4.90 Å². The van der Waals surface area contributed by atoms with E-state index < -0.39 is 0 Å². The number of aromatic nitrogens is 2. The van der Waals surface area contributed by atoms with Crippen LogP contribution < -0.4 is 0 Å². The van der Waals surface area contributed by atoms with E-state index in [2.05, 4.69) is 18.8 Å². The van der Waals surface area contributed by atoms with Crippen LogP contribution in [0.15, 0.2) is 18.7 Å². The van der Waals surface area contributed by atoms with E-state index in [-0.39, 0.29) is 6.03 Å². The Morgan fingerprint density at radius 2 is 2.29 bits per heavy atom. The third-order valence-corrected chi connectivity index (χ3v) is 2.75. The van der Waals surface area contributed by atoms with Crippen molar-refractivity contribution in [1.29, 1.82) is 0 Å². The minimum Gasteiger partial charge on any atom is -0.321 e. The highest BCUT2D eigenvalue weighted by atomic mass is 16.2. The summed E-state index contributed by atoms with van der Waals surface area (Å²) in [5, 5.41) is 0. The zero-order valence-corrected chi connectivity index (χ0v) is 8.55. The van der Waals surface area contributed by atoms with E-state index in [4.69, 9.17) is 0 Å². The molecule has 1 amide bonds. The molecule has 0 aliphatic carbocycles. The van der Waals surface area contributed by atoms with Crippen molar-refractivity contribution in [3.63, 3.8) is 0 Å². The summed E-state index contributed by atoms with van der Waals surface area (Å²) >= 11 is 0. The van der Waals surface area contributed by atoms with Gasteiger partial charge in [-0.05, 0) is 19.3 Å². The minimum absolute atomic E-state index is 0.0411. The third-order valence-electron chi connectivity index (χ3n) is 2.75.